The van der Waals surface area contributed by atoms with Gasteiger partial charge in [0.05, 0.1) is 0 Å². The van der Waals surface area contributed by atoms with Gasteiger partial charge in [0.1, 0.15) is 0 Å². The monoisotopic (exact) mass is 271 g/mol. The lowest BCUT2D eigenvalue weighted by molar-refractivity contribution is 0.326. The molecule has 0 amide bonds. The molecule has 3 heteroatoms. The lowest BCUT2D eigenvalue weighted by atomic mass is 10.3. The van der Waals surface area contributed by atoms with E-state index < -0.39 is 0 Å². The van der Waals surface area contributed by atoms with Crippen LogP contribution in [0.3, 0.4) is 0 Å². The summed E-state index contributed by atoms with van der Waals surface area (Å²) in [6.45, 7) is 2.08. The normalized spacial score (nSPS) is 10.4. The van der Waals surface area contributed by atoms with E-state index in [4.69, 9.17) is 6.42 Å². The maximum absolute atomic E-state index is 5.20. The van der Waals surface area contributed by atoms with E-state index in [0.717, 1.165) is 25.9 Å². The molecule has 0 spiro atoms. The summed E-state index contributed by atoms with van der Waals surface area (Å²) in [6.07, 6.45) is 7.15. The first-order valence-corrected chi connectivity index (χ1v) is 6.24. The third kappa shape index (κ3) is 4.28. The molecular formula is C11H14BrNS. The smallest absolute Gasteiger partial charge is 0.0325 e. The fraction of sp³-hybridized carbons (Fsp3) is 0.455. The number of unbranched alkanes of at least 4 members (excludes halogenated alkanes) is 1. The molecule has 76 valence electrons. The van der Waals surface area contributed by atoms with Crippen molar-refractivity contribution >= 4 is 27.3 Å². The minimum Gasteiger partial charge on any atom is -0.301 e. The molecule has 1 nitrogen and oxygen atoms in total. The summed E-state index contributed by atoms with van der Waals surface area (Å²) < 4.78 is 1.18. The van der Waals surface area contributed by atoms with Gasteiger partial charge in [0.25, 0.3) is 0 Å². The van der Waals surface area contributed by atoms with Crippen LogP contribution >= 0.6 is 27.3 Å². The van der Waals surface area contributed by atoms with E-state index in [0.29, 0.717) is 0 Å². The highest BCUT2D eigenvalue weighted by molar-refractivity contribution is 9.10. The predicted molar refractivity (Wildman–Crippen MR) is 66.4 cm³/mol. The maximum Gasteiger partial charge on any atom is 0.0325 e. The van der Waals surface area contributed by atoms with Gasteiger partial charge in [-0.1, -0.05) is 0 Å². The first kappa shape index (κ1) is 11.8. The Bertz CT molecular complexity index is 313. The highest BCUT2D eigenvalue weighted by atomic mass is 79.9. The van der Waals surface area contributed by atoms with Gasteiger partial charge in [0, 0.05) is 27.7 Å². The van der Waals surface area contributed by atoms with Crippen LogP contribution in [0.5, 0.6) is 0 Å². The van der Waals surface area contributed by atoms with Crippen molar-refractivity contribution in [1.82, 2.24) is 4.90 Å². The second-order valence-corrected chi connectivity index (χ2v) is 5.19. The van der Waals surface area contributed by atoms with Crippen molar-refractivity contribution in [3.8, 4) is 12.3 Å². The SMILES string of the molecule is C#CCCCN(C)Cc1cc(Br)cs1. The minimum absolute atomic E-state index is 0.873. The van der Waals surface area contributed by atoms with Crippen molar-refractivity contribution in [2.45, 2.75) is 19.4 Å². The van der Waals surface area contributed by atoms with E-state index in [-0.39, 0.29) is 0 Å². The summed E-state index contributed by atoms with van der Waals surface area (Å²) in [4.78, 5) is 3.69. The molecule has 0 aliphatic heterocycles. The zero-order valence-electron chi connectivity index (χ0n) is 8.29. The molecule has 0 atom stereocenters. The van der Waals surface area contributed by atoms with E-state index in [1.807, 2.05) is 0 Å². The van der Waals surface area contributed by atoms with Gasteiger partial charge in [-0.3, -0.25) is 0 Å². The van der Waals surface area contributed by atoms with E-state index in [1.54, 1.807) is 11.3 Å². The van der Waals surface area contributed by atoms with Crippen LogP contribution in [-0.4, -0.2) is 18.5 Å². The van der Waals surface area contributed by atoms with Gasteiger partial charge in [-0.15, -0.1) is 23.7 Å². The van der Waals surface area contributed by atoms with Gasteiger partial charge in [0.2, 0.25) is 0 Å². The Hall–Kier alpha value is -0.300. The molecule has 1 rings (SSSR count). The summed E-state index contributed by atoms with van der Waals surface area (Å²) in [5.41, 5.74) is 0. The first-order valence-electron chi connectivity index (χ1n) is 4.57. The van der Waals surface area contributed by atoms with E-state index >= 15 is 0 Å². The number of terminal acetylenes is 1. The molecule has 0 saturated carbocycles. The predicted octanol–water partition coefficient (Wildman–Crippen LogP) is 3.36. The quantitative estimate of drug-likeness (QED) is 0.587. The molecule has 0 fully saturated rings. The molecule has 1 heterocycles. The van der Waals surface area contributed by atoms with Gasteiger partial charge in [0.15, 0.2) is 0 Å². The zero-order chi connectivity index (χ0) is 10.4. The van der Waals surface area contributed by atoms with Crippen molar-refractivity contribution in [1.29, 1.82) is 0 Å². The van der Waals surface area contributed by atoms with Gasteiger partial charge in [-0.25, -0.2) is 0 Å². The second kappa shape index (κ2) is 6.23. The molecule has 0 aliphatic carbocycles. The number of nitrogens with zero attached hydrogens (tertiary/aromatic N) is 1. The lowest BCUT2D eigenvalue weighted by Gasteiger charge is -2.14. The number of thiophene rings is 1. The van der Waals surface area contributed by atoms with Crippen LogP contribution in [0.1, 0.15) is 17.7 Å². The van der Waals surface area contributed by atoms with Crippen LogP contribution in [0, 0.1) is 12.3 Å². The Morgan fingerprint density at radius 3 is 3.00 bits per heavy atom. The van der Waals surface area contributed by atoms with E-state index in [9.17, 15) is 0 Å². The zero-order valence-corrected chi connectivity index (χ0v) is 10.7. The van der Waals surface area contributed by atoms with Gasteiger partial charge in [-0.05, 0) is 42.0 Å². The van der Waals surface area contributed by atoms with Crippen LogP contribution in [0.25, 0.3) is 0 Å². The molecule has 0 aliphatic rings. The topological polar surface area (TPSA) is 3.24 Å². The lowest BCUT2D eigenvalue weighted by Crippen LogP contribution is -2.18. The first-order chi connectivity index (χ1) is 6.72. The van der Waals surface area contributed by atoms with Crippen molar-refractivity contribution < 1.29 is 0 Å². The Balaban J connectivity index is 2.27. The number of halogens is 1. The molecule has 0 unspecified atom stereocenters. The fourth-order valence-electron chi connectivity index (χ4n) is 1.23. The third-order valence-corrected chi connectivity index (χ3v) is 3.59. The van der Waals surface area contributed by atoms with Crippen LogP contribution < -0.4 is 0 Å². The minimum atomic E-state index is 0.873. The maximum atomic E-state index is 5.20. The molecular weight excluding hydrogens is 258 g/mol. The summed E-state index contributed by atoms with van der Waals surface area (Å²) in [5, 5.41) is 2.12. The Labute approximate surface area is 98.3 Å². The molecule has 0 aromatic carbocycles. The van der Waals surface area contributed by atoms with Crippen molar-refractivity contribution in [3.63, 3.8) is 0 Å². The molecule has 0 radical (unpaired) electrons. The van der Waals surface area contributed by atoms with Crippen molar-refractivity contribution in [3.05, 3.63) is 20.8 Å². The molecule has 1 aromatic heterocycles. The average molecular weight is 272 g/mol. The summed E-state index contributed by atoms with van der Waals surface area (Å²) in [7, 11) is 2.13. The molecule has 0 saturated heterocycles. The second-order valence-electron chi connectivity index (χ2n) is 3.28. The van der Waals surface area contributed by atoms with Gasteiger partial charge in [-0.2, -0.15) is 0 Å². The highest BCUT2D eigenvalue weighted by Gasteiger charge is 2.01. The van der Waals surface area contributed by atoms with Gasteiger partial charge >= 0.3 is 0 Å². The summed E-state index contributed by atoms with van der Waals surface area (Å²) >= 11 is 5.24. The Kier molecular flexibility index (Phi) is 5.24. The summed E-state index contributed by atoms with van der Waals surface area (Å²) in [5.74, 6) is 2.66. The summed E-state index contributed by atoms with van der Waals surface area (Å²) in [6, 6.07) is 2.17. The van der Waals surface area contributed by atoms with Crippen LogP contribution in [0.4, 0.5) is 0 Å². The number of hydrogen-bond donors (Lipinski definition) is 0. The molecule has 0 N–H and O–H groups in total. The van der Waals surface area contributed by atoms with E-state index in [2.05, 4.69) is 45.2 Å². The molecule has 14 heavy (non-hydrogen) atoms. The Morgan fingerprint density at radius 1 is 1.64 bits per heavy atom. The highest BCUT2D eigenvalue weighted by Crippen LogP contribution is 2.20. The largest absolute Gasteiger partial charge is 0.301 e. The Morgan fingerprint density at radius 2 is 2.43 bits per heavy atom. The van der Waals surface area contributed by atoms with Crippen molar-refractivity contribution in [2.75, 3.05) is 13.6 Å². The number of rotatable bonds is 5. The molecule has 0 bridgehead atoms. The fourth-order valence-corrected chi connectivity index (χ4v) is 2.76. The van der Waals surface area contributed by atoms with E-state index in [1.165, 1.54) is 9.35 Å². The van der Waals surface area contributed by atoms with Crippen LogP contribution in [0.15, 0.2) is 15.9 Å². The standard InChI is InChI=1S/C11H14BrNS/c1-3-4-5-6-13(2)8-11-7-10(12)9-14-11/h1,7,9H,4-6,8H2,2H3. The van der Waals surface area contributed by atoms with Crippen molar-refractivity contribution in [2.24, 2.45) is 0 Å². The average Bonchev–Trinajstić information content (AvgIpc) is 2.52. The van der Waals surface area contributed by atoms with Crippen LogP contribution in [0.2, 0.25) is 0 Å². The third-order valence-electron chi connectivity index (χ3n) is 1.91. The number of hydrogen-bond acceptors (Lipinski definition) is 2. The van der Waals surface area contributed by atoms with Gasteiger partial charge < -0.3 is 4.90 Å². The van der Waals surface area contributed by atoms with Crippen LogP contribution in [-0.2, 0) is 6.54 Å². The molecule has 1 aromatic rings.